The minimum absolute atomic E-state index is 0.399. The molecule has 1 aromatic rings. The smallest absolute Gasteiger partial charge is 0.330 e. The first-order valence-corrected chi connectivity index (χ1v) is 4.97. The molecule has 0 saturated carbocycles. The Morgan fingerprint density at radius 3 is 2.67 bits per heavy atom. The van der Waals surface area contributed by atoms with Crippen molar-refractivity contribution in [3.63, 3.8) is 0 Å². The van der Waals surface area contributed by atoms with E-state index in [1.807, 2.05) is 12.1 Å². The highest BCUT2D eigenvalue weighted by molar-refractivity contribution is 5.85. The van der Waals surface area contributed by atoms with Crippen LogP contribution in [0.4, 0.5) is 0 Å². The Morgan fingerprint density at radius 1 is 1.40 bits per heavy atom. The van der Waals surface area contributed by atoms with Gasteiger partial charge in [0.2, 0.25) is 0 Å². The van der Waals surface area contributed by atoms with E-state index in [1.165, 1.54) is 16.7 Å². The summed E-state index contributed by atoms with van der Waals surface area (Å²) < 4.78 is 0. The normalized spacial score (nSPS) is 11.5. The molecular formula is C13H16O2. The van der Waals surface area contributed by atoms with Gasteiger partial charge in [-0.3, -0.25) is 0 Å². The van der Waals surface area contributed by atoms with Crippen LogP contribution in [-0.4, -0.2) is 11.1 Å². The summed E-state index contributed by atoms with van der Waals surface area (Å²) in [4.78, 5) is 10.6. The lowest BCUT2D eigenvalue weighted by atomic mass is 10.0. The molecule has 0 fully saturated rings. The van der Waals surface area contributed by atoms with Crippen LogP contribution in [0.2, 0.25) is 0 Å². The fourth-order valence-corrected chi connectivity index (χ4v) is 1.38. The molecule has 0 bridgehead atoms. The van der Waals surface area contributed by atoms with Gasteiger partial charge in [-0.15, -0.1) is 0 Å². The van der Waals surface area contributed by atoms with Crippen molar-refractivity contribution in [2.24, 2.45) is 0 Å². The van der Waals surface area contributed by atoms with Gasteiger partial charge in [0.1, 0.15) is 0 Å². The molecular weight excluding hydrogens is 188 g/mol. The summed E-state index contributed by atoms with van der Waals surface area (Å²) in [6.07, 6.45) is 2.44. The standard InChI is InChI=1S/C13H16O2/c1-9-5-4-6-12(11(9)3)8-7-10(2)13(14)15/h4-7H,8H2,1-3H3,(H,14,15). The summed E-state index contributed by atoms with van der Waals surface area (Å²) in [6, 6.07) is 6.10. The highest BCUT2D eigenvalue weighted by Gasteiger charge is 2.01. The molecule has 0 amide bonds. The second-order valence-corrected chi connectivity index (χ2v) is 3.76. The number of aliphatic carboxylic acids is 1. The number of aryl methyl sites for hydroxylation is 1. The Labute approximate surface area is 90.3 Å². The summed E-state index contributed by atoms with van der Waals surface area (Å²) in [5.41, 5.74) is 4.08. The largest absolute Gasteiger partial charge is 0.478 e. The summed E-state index contributed by atoms with van der Waals surface area (Å²) in [5.74, 6) is -0.847. The highest BCUT2D eigenvalue weighted by atomic mass is 16.4. The topological polar surface area (TPSA) is 37.3 Å². The van der Waals surface area contributed by atoms with Crippen molar-refractivity contribution in [2.45, 2.75) is 27.2 Å². The molecule has 0 saturated heterocycles. The van der Waals surface area contributed by atoms with Crippen molar-refractivity contribution in [2.75, 3.05) is 0 Å². The molecule has 0 radical (unpaired) electrons. The van der Waals surface area contributed by atoms with Gasteiger partial charge in [-0.1, -0.05) is 24.3 Å². The monoisotopic (exact) mass is 204 g/mol. The SMILES string of the molecule is CC(=CCc1cccc(C)c1C)C(=O)O. The number of hydrogen-bond acceptors (Lipinski definition) is 1. The highest BCUT2D eigenvalue weighted by Crippen LogP contribution is 2.14. The van der Waals surface area contributed by atoms with E-state index < -0.39 is 5.97 Å². The summed E-state index contributed by atoms with van der Waals surface area (Å²) in [7, 11) is 0. The number of carboxylic acids is 1. The first kappa shape index (κ1) is 11.5. The van der Waals surface area contributed by atoms with E-state index in [-0.39, 0.29) is 0 Å². The molecule has 0 aromatic heterocycles. The van der Waals surface area contributed by atoms with Crippen LogP contribution in [0.5, 0.6) is 0 Å². The van der Waals surface area contributed by atoms with E-state index in [9.17, 15) is 4.79 Å². The molecule has 1 N–H and O–H groups in total. The zero-order chi connectivity index (χ0) is 11.4. The van der Waals surface area contributed by atoms with Gasteiger partial charge >= 0.3 is 5.97 Å². The van der Waals surface area contributed by atoms with Gasteiger partial charge in [0.05, 0.1) is 0 Å². The second kappa shape index (κ2) is 4.78. The van der Waals surface area contributed by atoms with Gasteiger partial charge in [0.15, 0.2) is 0 Å². The summed E-state index contributed by atoms with van der Waals surface area (Å²) >= 11 is 0. The number of carbonyl (C=O) groups is 1. The maximum absolute atomic E-state index is 10.6. The molecule has 0 heterocycles. The molecule has 2 heteroatoms. The average molecular weight is 204 g/mol. The molecule has 80 valence electrons. The van der Waals surface area contributed by atoms with Crippen molar-refractivity contribution >= 4 is 5.97 Å². The van der Waals surface area contributed by atoms with Gasteiger partial charge in [-0.2, -0.15) is 0 Å². The van der Waals surface area contributed by atoms with Crippen molar-refractivity contribution in [1.29, 1.82) is 0 Å². The zero-order valence-electron chi connectivity index (χ0n) is 9.37. The minimum atomic E-state index is -0.847. The van der Waals surface area contributed by atoms with Crippen LogP contribution in [0.15, 0.2) is 29.8 Å². The number of benzene rings is 1. The molecule has 0 aliphatic rings. The molecule has 0 aliphatic carbocycles. The Kier molecular flexibility index (Phi) is 3.67. The molecule has 0 spiro atoms. The Hall–Kier alpha value is -1.57. The summed E-state index contributed by atoms with van der Waals surface area (Å²) in [6.45, 7) is 5.74. The first-order valence-electron chi connectivity index (χ1n) is 4.97. The first-order chi connectivity index (χ1) is 7.02. The predicted molar refractivity (Wildman–Crippen MR) is 61.0 cm³/mol. The molecule has 1 rings (SSSR count). The Bertz CT molecular complexity index is 403. The number of hydrogen-bond donors (Lipinski definition) is 1. The molecule has 15 heavy (non-hydrogen) atoms. The lowest BCUT2D eigenvalue weighted by Crippen LogP contribution is -1.97. The second-order valence-electron chi connectivity index (χ2n) is 3.76. The van der Waals surface area contributed by atoms with Gasteiger partial charge < -0.3 is 5.11 Å². The fourth-order valence-electron chi connectivity index (χ4n) is 1.38. The van der Waals surface area contributed by atoms with Crippen molar-refractivity contribution in [1.82, 2.24) is 0 Å². The quantitative estimate of drug-likeness (QED) is 0.769. The number of carboxylic acid groups (broad SMARTS) is 1. The van der Waals surface area contributed by atoms with Crippen LogP contribution in [0, 0.1) is 13.8 Å². The average Bonchev–Trinajstić information content (AvgIpc) is 2.19. The van der Waals surface area contributed by atoms with Crippen molar-refractivity contribution < 1.29 is 9.90 Å². The maximum atomic E-state index is 10.6. The van der Waals surface area contributed by atoms with E-state index in [4.69, 9.17) is 5.11 Å². The molecule has 2 nitrogen and oxygen atoms in total. The van der Waals surface area contributed by atoms with Crippen LogP contribution in [0.3, 0.4) is 0 Å². The van der Waals surface area contributed by atoms with E-state index in [1.54, 1.807) is 13.0 Å². The van der Waals surface area contributed by atoms with Crippen LogP contribution in [0.25, 0.3) is 0 Å². The Morgan fingerprint density at radius 2 is 2.07 bits per heavy atom. The van der Waals surface area contributed by atoms with Gasteiger partial charge in [-0.05, 0) is 43.9 Å². The number of allylic oxidation sites excluding steroid dienone is 1. The predicted octanol–water partition coefficient (Wildman–Crippen LogP) is 2.88. The van der Waals surface area contributed by atoms with Crippen LogP contribution < -0.4 is 0 Å². The van der Waals surface area contributed by atoms with E-state index in [2.05, 4.69) is 19.9 Å². The van der Waals surface area contributed by atoms with E-state index in [0.29, 0.717) is 12.0 Å². The third-order valence-electron chi connectivity index (χ3n) is 2.68. The van der Waals surface area contributed by atoms with Crippen LogP contribution in [-0.2, 0) is 11.2 Å². The lowest BCUT2D eigenvalue weighted by Gasteiger charge is -2.05. The molecule has 0 atom stereocenters. The fraction of sp³-hybridized carbons (Fsp3) is 0.308. The van der Waals surface area contributed by atoms with Crippen LogP contribution in [0.1, 0.15) is 23.6 Å². The lowest BCUT2D eigenvalue weighted by molar-refractivity contribution is -0.132. The molecule has 1 aromatic carbocycles. The summed E-state index contributed by atoms with van der Waals surface area (Å²) in [5, 5.41) is 8.72. The maximum Gasteiger partial charge on any atom is 0.330 e. The molecule has 0 aliphatic heterocycles. The van der Waals surface area contributed by atoms with Gasteiger partial charge in [0.25, 0.3) is 0 Å². The van der Waals surface area contributed by atoms with Crippen molar-refractivity contribution in [3.8, 4) is 0 Å². The van der Waals surface area contributed by atoms with E-state index in [0.717, 1.165) is 0 Å². The zero-order valence-corrected chi connectivity index (χ0v) is 9.37. The molecule has 0 unspecified atom stereocenters. The van der Waals surface area contributed by atoms with Crippen molar-refractivity contribution in [3.05, 3.63) is 46.5 Å². The Balaban J connectivity index is 2.87. The van der Waals surface area contributed by atoms with Gasteiger partial charge in [-0.25, -0.2) is 4.79 Å². The van der Waals surface area contributed by atoms with Crippen LogP contribution >= 0.6 is 0 Å². The van der Waals surface area contributed by atoms with E-state index >= 15 is 0 Å². The number of rotatable bonds is 3. The third-order valence-corrected chi connectivity index (χ3v) is 2.68. The third kappa shape index (κ3) is 2.94. The van der Waals surface area contributed by atoms with Gasteiger partial charge in [0, 0.05) is 5.57 Å². The minimum Gasteiger partial charge on any atom is -0.478 e.